The maximum Gasteiger partial charge on any atom is 0.238 e. The molecule has 1 amide bonds. The Labute approximate surface area is 183 Å². The van der Waals surface area contributed by atoms with Gasteiger partial charge < -0.3 is 5.32 Å². The minimum absolute atomic E-state index is 0.171. The standard InChI is InChI=1S/C19H18Cl4FN3O/c20-14-7-13(24)2-1-12(14)10-26-3-5-27(6-4-26)11-19(28)25-18-9-16(22)15(21)8-17(18)23/h1-2,7-9H,3-6,10-11H2,(H,25,28). The molecule has 0 bridgehead atoms. The number of carbonyl (C=O) groups is 1. The lowest BCUT2D eigenvalue weighted by molar-refractivity contribution is -0.117. The minimum Gasteiger partial charge on any atom is -0.324 e. The Morgan fingerprint density at radius 1 is 0.893 bits per heavy atom. The van der Waals surface area contributed by atoms with Gasteiger partial charge in [0.1, 0.15) is 5.82 Å². The van der Waals surface area contributed by atoms with Crippen molar-refractivity contribution in [3.05, 3.63) is 61.8 Å². The van der Waals surface area contributed by atoms with Crippen molar-refractivity contribution in [1.29, 1.82) is 0 Å². The molecule has 0 unspecified atom stereocenters. The van der Waals surface area contributed by atoms with E-state index >= 15 is 0 Å². The molecule has 2 aromatic rings. The third-order valence-corrected chi connectivity index (χ3v) is 5.91. The van der Waals surface area contributed by atoms with Crippen LogP contribution in [-0.4, -0.2) is 48.4 Å². The molecular formula is C19H18Cl4FN3O. The van der Waals surface area contributed by atoms with Crippen molar-refractivity contribution in [2.45, 2.75) is 6.54 Å². The van der Waals surface area contributed by atoms with Gasteiger partial charge in [-0.2, -0.15) is 0 Å². The third kappa shape index (κ3) is 5.72. The monoisotopic (exact) mass is 463 g/mol. The van der Waals surface area contributed by atoms with E-state index in [1.807, 2.05) is 0 Å². The summed E-state index contributed by atoms with van der Waals surface area (Å²) in [4.78, 5) is 16.6. The maximum absolute atomic E-state index is 13.2. The second-order valence-corrected chi connectivity index (χ2v) is 8.21. The molecule has 1 fully saturated rings. The molecule has 1 N–H and O–H groups in total. The highest BCUT2D eigenvalue weighted by Crippen LogP contribution is 2.32. The Kier molecular flexibility index (Phi) is 7.42. The van der Waals surface area contributed by atoms with Gasteiger partial charge in [-0.1, -0.05) is 52.5 Å². The Hall–Kier alpha value is -1.08. The molecule has 2 aromatic carbocycles. The van der Waals surface area contributed by atoms with Gasteiger partial charge in [-0.25, -0.2) is 4.39 Å². The average Bonchev–Trinajstić information content (AvgIpc) is 2.63. The number of benzene rings is 2. The highest BCUT2D eigenvalue weighted by atomic mass is 35.5. The number of nitrogens with one attached hydrogen (secondary N) is 1. The van der Waals surface area contributed by atoms with Crippen molar-refractivity contribution < 1.29 is 9.18 Å². The zero-order chi connectivity index (χ0) is 20.3. The Balaban J connectivity index is 1.49. The van der Waals surface area contributed by atoms with Gasteiger partial charge in [0.25, 0.3) is 0 Å². The van der Waals surface area contributed by atoms with Crippen LogP contribution in [0.4, 0.5) is 10.1 Å². The normalized spacial score (nSPS) is 15.6. The molecule has 0 saturated carbocycles. The predicted octanol–water partition coefficient (Wildman–Crippen LogP) is 5.20. The van der Waals surface area contributed by atoms with E-state index in [9.17, 15) is 9.18 Å². The SMILES string of the molecule is O=C(CN1CCN(Cc2ccc(F)cc2Cl)CC1)Nc1cc(Cl)c(Cl)cc1Cl. The van der Waals surface area contributed by atoms with E-state index in [0.29, 0.717) is 32.3 Å². The van der Waals surface area contributed by atoms with E-state index in [1.54, 1.807) is 6.07 Å². The molecule has 0 radical (unpaired) electrons. The number of hydrogen-bond acceptors (Lipinski definition) is 3. The fourth-order valence-corrected chi connectivity index (χ4v) is 3.83. The van der Waals surface area contributed by atoms with Crippen molar-refractivity contribution in [1.82, 2.24) is 9.80 Å². The van der Waals surface area contributed by atoms with Crippen LogP contribution in [0, 0.1) is 5.82 Å². The summed E-state index contributed by atoms with van der Waals surface area (Å²) in [6, 6.07) is 7.48. The third-order valence-electron chi connectivity index (χ3n) is 4.53. The van der Waals surface area contributed by atoms with Crippen LogP contribution < -0.4 is 5.32 Å². The van der Waals surface area contributed by atoms with Crippen LogP contribution in [0.3, 0.4) is 0 Å². The minimum atomic E-state index is -0.341. The summed E-state index contributed by atoms with van der Waals surface area (Å²) in [7, 11) is 0. The summed E-state index contributed by atoms with van der Waals surface area (Å²) in [5, 5.41) is 4.20. The number of nitrogens with zero attached hydrogens (tertiary/aromatic N) is 2. The smallest absolute Gasteiger partial charge is 0.238 e. The molecule has 4 nitrogen and oxygen atoms in total. The molecule has 1 saturated heterocycles. The van der Waals surface area contributed by atoms with Gasteiger partial charge in [-0.05, 0) is 29.8 Å². The summed E-state index contributed by atoms with van der Waals surface area (Å²) in [5.41, 5.74) is 1.33. The van der Waals surface area contributed by atoms with Crippen molar-refractivity contribution in [3.8, 4) is 0 Å². The molecule has 28 heavy (non-hydrogen) atoms. The van der Waals surface area contributed by atoms with Gasteiger partial charge in [0, 0.05) is 37.7 Å². The van der Waals surface area contributed by atoms with Crippen molar-refractivity contribution in [3.63, 3.8) is 0 Å². The quantitative estimate of drug-likeness (QED) is 0.618. The largest absolute Gasteiger partial charge is 0.324 e. The highest BCUT2D eigenvalue weighted by Gasteiger charge is 2.20. The van der Waals surface area contributed by atoms with Crippen LogP contribution in [-0.2, 0) is 11.3 Å². The highest BCUT2D eigenvalue weighted by molar-refractivity contribution is 6.44. The van der Waals surface area contributed by atoms with E-state index in [1.165, 1.54) is 24.3 Å². The molecule has 0 aliphatic carbocycles. The van der Waals surface area contributed by atoms with Gasteiger partial charge in [0.2, 0.25) is 5.91 Å². The Morgan fingerprint density at radius 2 is 1.54 bits per heavy atom. The summed E-state index contributed by atoms with van der Waals surface area (Å²) in [5.74, 6) is -0.512. The molecular weight excluding hydrogens is 447 g/mol. The first-order valence-electron chi connectivity index (χ1n) is 8.65. The second-order valence-electron chi connectivity index (χ2n) is 6.58. The van der Waals surface area contributed by atoms with Crippen molar-refractivity contribution >= 4 is 58.0 Å². The van der Waals surface area contributed by atoms with Gasteiger partial charge >= 0.3 is 0 Å². The van der Waals surface area contributed by atoms with Crippen LogP contribution in [0.25, 0.3) is 0 Å². The van der Waals surface area contributed by atoms with E-state index in [-0.39, 0.29) is 18.3 Å². The molecule has 0 atom stereocenters. The Morgan fingerprint density at radius 3 is 2.21 bits per heavy atom. The van der Waals surface area contributed by atoms with Gasteiger partial charge in [0.15, 0.2) is 0 Å². The first-order chi connectivity index (χ1) is 13.3. The van der Waals surface area contributed by atoms with Crippen LogP contribution in [0.5, 0.6) is 0 Å². The molecule has 1 heterocycles. The van der Waals surface area contributed by atoms with E-state index in [4.69, 9.17) is 46.4 Å². The number of piperazine rings is 1. The van der Waals surface area contributed by atoms with Gasteiger partial charge in [-0.3, -0.25) is 14.6 Å². The molecule has 1 aliphatic rings. The summed E-state index contributed by atoms with van der Waals surface area (Å²) in [6.45, 7) is 3.95. The molecule has 1 aliphatic heterocycles. The fourth-order valence-electron chi connectivity index (χ4n) is 3.01. The number of amides is 1. The fraction of sp³-hybridized carbons (Fsp3) is 0.316. The predicted molar refractivity (Wildman–Crippen MR) is 113 cm³/mol. The number of rotatable bonds is 5. The summed E-state index contributed by atoms with van der Waals surface area (Å²) in [6.07, 6.45) is 0. The number of anilines is 1. The molecule has 0 aromatic heterocycles. The summed E-state index contributed by atoms with van der Waals surface area (Å²) >= 11 is 24.1. The van der Waals surface area contributed by atoms with E-state index in [0.717, 1.165) is 31.7 Å². The van der Waals surface area contributed by atoms with Crippen molar-refractivity contribution in [2.75, 3.05) is 38.0 Å². The first-order valence-corrected chi connectivity index (χ1v) is 10.2. The number of hydrogen-bond donors (Lipinski definition) is 1. The zero-order valence-corrected chi connectivity index (χ0v) is 17.8. The van der Waals surface area contributed by atoms with E-state index < -0.39 is 0 Å². The van der Waals surface area contributed by atoms with E-state index in [2.05, 4.69) is 15.1 Å². The van der Waals surface area contributed by atoms with Crippen LogP contribution in [0.2, 0.25) is 20.1 Å². The van der Waals surface area contributed by atoms with Crippen molar-refractivity contribution in [2.24, 2.45) is 0 Å². The molecule has 9 heteroatoms. The first kappa shape index (κ1) is 21.6. The summed E-state index contributed by atoms with van der Waals surface area (Å²) < 4.78 is 13.2. The number of halogens is 5. The van der Waals surface area contributed by atoms with Gasteiger partial charge in [0.05, 0.1) is 27.3 Å². The second kappa shape index (κ2) is 9.61. The number of carbonyl (C=O) groups excluding carboxylic acids is 1. The topological polar surface area (TPSA) is 35.6 Å². The van der Waals surface area contributed by atoms with Crippen LogP contribution in [0.1, 0.15) is 5.56 Å². The lowest BCUT2D eigenvalue weighted by Gasteiger charge is -2.34. The van der Waals surface area contributed by atoms with Crippen LogP contribution in [0.15, 0.2) is 30.3 Å². The lowest BCUT2D eigenvalue weighted by atomic mass is 10.2. The maximum atomic E-state index is 13.2. The lowest BCUT2D eigenvalue weighted by Crippen LogP contribution is -2.48. The van der Waals surface area contributed by atoms with Crippen LogP contribution >= 0.6 is 46.4 Å². The average molecular weight is 465 g/mol. The van der Waals surface area contributed by atoms with Gasteiger partial charge in [-0.15, -0.1) is 0 Å². The molecule has 150 valence electrons. The zero-order valence-electron chi connectivity index (χ0n) is 14.8. The molecule has 3 rings (SSSR count). The Bertz CT molecular complexity index is 872. The molecule has 0 spiro atoms.